The summed E-state index contributed by atoms with van der Waals surface area (Å²) in [6.45, 7) is 0.746. The molecule has 2 N–H and O–H groups in total. The highest BCUT2D eigenvalue weighted by molar-refractivity contribution is 5.94. The Morgan fingerprint density at radius 1 is 1.10 bits per heavy atom. The molecule has 8 heteroatoms. The van der Waals surface area contributed by atoms with E-state index in [2.05, 4.69) is 20.2 Å². The molecule has 0 saturated heterocycles. The number of carbonyl (C=O) groups excluding carboxylic acids is 1. The normalized spacial score (nSPS) is 13.5. The Labute approximate surface area is 164 Å². The molecule has 2 aromatic carbocycles. The van der Waals surface area contributed by atoms with E-state index in [4.69, 9.17) is 0 Å². The van der Waals surface area contributed by atoms with E-state index in [9.17, 15) is 14.0 Å². The molecule has 4 aromatic rings. The van der Waals surface area contributed by atoms with E-state index >= 15 is 0 Å². The molecular formula is C21H16FN5O2. The maximum Gasteiger partial charge on any atom is 0.280 e. The zero-order valence-electron chi connectivity index (χ0n) is 15.3. The van der Waals surface area contributed by atoms with Gasteiger partial charge in [-0.2, -0.15) is 5.10 Å². The predicted octanol–water partition coefficient (Wildman–Crippen LogP) is 2.65. The summed E-state index contributed by atoms with van der Waals surface area (Å²) >= 11 is 0. The van der Waals surface area contributed by atoms with Crippen LogP contribution < -0.4 is 5.56 Å². The monoisotopic (exact) mass is 389 g/mol. The molecule has 5 rings (SSSR count). The van der Waals surface area contributed by atoms with Crippen LogP contribution in [-0.2, 0) is 13.0 Å². The topological polar surface area (TPSA) is 94.7 Å². The number of rotatable bonds is 2. The van der Waals surface area contributed by atoms with Crippen molar-refractivity contribution < 1.29 is 9.18 Å². The molecule has 1 aliphatic heterocycles. The fourth-order valence-electron chi connectivity index (χ4n) is 3.64. The number of H-pyrrole nitrogens is 2. The van der Waals surface area contributed by atoms with E-state index in [0.29, 0.717) is 36.2 Å². The van der Waals surface area contributed by atoms with Crippen LogP contribution in [0.3, 0.4) is 0 Å². The van der Waals surface area contributed by atoms with Crippen LogP contribution in [0.2, 0.25) is 0 Å². The van der Waals surface area contributed by atoms with Gasteiger partial charge in [-0.3, -0.25) is 14.7 Å². The number of halogens is 1. The lowest BCUT2D eigenvalue weighted by Gasteiger charge is -2.26. The van der Waals surface area contributed by atoms with E-state index in [1.54, 1.807) is 41.3 Å². The lowest BCUT2D eigenvalue weighted by Crippen LogP contribution is -2.39. The van der Waals surface area contributed by atoms with Crippen molar-refractivity contribution in [3.8, 4) is 11.3 Å². The number of amides is 1. The second-order valence-corrected chi connectivity index (χ2v) is 6.94. The quantitative estimate of drug-likeness (QED) is 0.551. The highest BCUT2D eigenvalue weighted by atomic mass is 19.1. The maximum absolute atomic E-state index is 13.3. The highest BCUT2D eigenvalue weighted by Crippen LogP contribution is 2.29. The average Bonchev–Trinajstić information content (AvgIpc) is 3.16. The Bertz CT molecular complexity index is 1290. The summed E-state index contributed by atoms with van der Waals surface area (Å²) in [5, 5.41) is 7.36. The summed E-state index contributed by atoms with van der Waals surface area (Å²) in [6.07, 6.45) is 0.584. The fraction of sp³-hybridized carbons (Fsp3) is 0.143. The minimum absolute atomic E-state index is 0.126. The first-order valence-electron chi connectivity index (χ1n) is 9.20. The van der Waals surface area contributed by atoms with E-state index in [1.165, 1.54) is 12.1 Å². The number of hydrogen-bond acceptors (Lipinski definition) is 4. The maximum atomic E-state index is 13.3. The van der Waals surface area contributed by atoms with Crippen molar-refractivity contribution in [2.24, 2.45) is 0 Å². The van der Waals surface area contributed by atoms with Crippen molar-refractivity contribution >= 4 is 16.9 Å². The lowest BCUT2D eigenvalue weighted by atomic mass is 10.0. The number of para-hydroxylation sites is 2. The largest absolute Gasteiger partial charge is 0.332 e. The third-order valence-corrected chi connectivity index (χ3v) is 5.14. The molecule has 3 heterocycles. The number of fused-ring (bicyclic) bond motifs is 2. The van der Waals surface area contributed by atoms with Gasteiger partial charge in [-0.25, -0.2) is 9.37 Å². The zero-order valence-corrected chi connectivity index (χ0v) is 15.3. The van der Waals surface area contributed by atoms with Crippen LogP contribution in [0.25, 0.3) is 22.3 Å². The van der Waals surface area contributed by atoms with Gasteiger partial charge in [-0.15, -0.1) is 0 Å². The first-order chi connectivity index (χ1) is 14.1. The molecule has 0 radical (unpaired) electrons. The molecule has 0 aliphatic carbocycles. The summed E-state index contributed by atoms with van der Waals surface area (Å²) in [4.78, 5) is 34.1. The van der Waals surface area contributed by atoms with Gasteiger partial charge >= 0.3 is 0 Å². The molecule has 1 amide bonds. The van der Waals surface area contributed by atoms with Crippen LogP contribution >= 0.6 is 0 Å². The van der Waals surface area contributed by atoms with Crippen LogP contribution in [0.5, 0.6) is 0 Å². The van der Waals surface area contributed by atoms with E-state index in [-0.39, 0.29) is 11.5 Å². The van der Waals surface area contributed by atoms with Crippen LogP contribution in [0.15, 0.2) is 53.3 Å². The van der Waals surface area contributed by atoms with Gasteiger partial charge in [-0.05, 0) is 36.4 Å². The number of aromatic amines is 2. The third-order valence-electron chi connectivity index (χ3n) is 5.14. The summed E-state index contributed by atoms with van der Waals surface area (Å²) in [6, 6.07) is 13.1. The molecule has 0 saturated carbocycles. The SMILES string of the molecule is O=C(c1nc2ccccc2[nH]c1=O)N1CCc2[nH]nc(-c3ccc(F)cc3)c2C1. The second kappa shape index (κ2) is 6.66. The molecule has 0 bridgehead atoms. The Hall–Kier alpha value is -3.81. The van der Waals surface area contributed by atoms with Gasteiger partial charge in [0.25, 0.3) is 11.5 Å². The molecule has 2 aromatic heterocycles. The number of hydrogen-bond donors (Lipinski definition) is 2. The Morgan fingerprint density at radius 2 is 1.90 bits per heavy atom. The number of benzene rings is 2. The Kier molecular flexibility index (Phi) is 3.97. The minimum atomic E-state index is -0.509. The Balaban J connectivity index is 1.49. The fourth-order valence-corrected chi connectivity index (χ4v) is 3.64. The van der Waals surface area contributed by atoms with Gasteiger partial charge in [0.15, 0.2) is 5.69 Å². The summed E-state index contributed by atoms with van der Waals surface area (Å²) < 4.78 is 13.3. The van der Waals surface area contributed by atoms with Crippen molar-refractivity contribution in [3.05, 3.63) is 81.7 Å². The Morgan fingerprint density at radius 3 is 2.72 bits per heavy atom. The first kappa shape index (κ1) is 17.3. The molecule has 0 fully saturated rings. The van der Waals surface area contributed by atoms with Crippen molar-refractivity contribution in [2.45, 2.75) is 13.0 Å². The molecule has 1 aliphatic rings. The molecular weight excluding hydrogens is 373 g/mol. The number of aromatic nitrogens is 4. The number of nitrogens with one attached hydrogen (secondary N) is 2. The van der Waals surface area contributed by atoms with Gasteiger partial charge in [0.05, 0.1) is 23.3 Å². The predicted molar refractivity (Wildman–Crippen MR) is 105 cm³/mol. The third kappa shape index (κ3) is 2.98. The van der Waals surface area contributed by atoms with Crippen LogP contribution in [0, 0.1) is 5.82 Å². The molecule has 7 nitrogen and oxygen atoms in total. The molecule has 29 heavy (non-hydrogen) atoms. The van der Waals surface area contributed by atoms with Gasteiger partial charge in [0, 0.05) is 29.8 Å². The molecule has 0 spiro atoms. The lowest BCUT2D eigenvalue weighted by molar-refractivity contribution is 0.0727. The standard InChI is InChI=1S/C21H16FN5O2/c22-13-7-5-12(6-8-13)18-14-11-27(10-9-15(14)25-26-18)21(29)19-20(28)24-17-4-2-1-3-16(17)23-19/h1-8H,9-11H2,(H,24,28)(H,25,26). The van der Waals surface area contributed by atoms with E-state index in [0.717, 1.165) is 16.8 Å². The van der Waals surface area contributed by atoms with Crippen molar-refractivity contribution in [1.82, 2.24) is 25.1 Å². The van der Waals surface area contributed by atoms with Crippen LogP contribution in [0.1, 0.15) is 21.7 Å². The van der Waals surface area contributed by atoms with Crippen molar-refractivity contribution in [1.29, 1.82) is 0 Å². The van der Waals surface area contributed by atoms with E-state index in [1.807, 2.05) is 0 Å². The molecule has 0 atom stereocenters. The molecule has 144 valence electrons. The smallest absolute Gasteiger partial charge is 0.280 e. The summed E-state index contributed by atoms with van der Waals surface area (Å²) in [7, 11) is 0. The summed E-state index contributed by atoms with van der Waals surface area (Å²) in [5.74, 6) is -0.745. The van der Waals surface area contributed by atoms with Gasteiger partial charge < -0.3 is 9.88 Å². The number of carbonyl (C=O) groups is 1. The van der Waals surface area contributed by atoms with Gasteiger partial charge in [0.2, 0.25) is 0 Å². The van der Waals surface area contributed by atoms with Crippen LogP contribution in [0.4, 0.5) is 4.39 Å². The van der Waals surface area contributed by atoms with Crippen LogP contribution in [-0.4, -0.2) is 37.5 Å². The zero-order chi connectivity index (χ0) is 20.0. The average molecular weight is 389 g/mol. The minimum Gasteiger partial charge on any atom is -0.332 e. The van der Waals surface area contributed by atoms with Gasteiger partial charge in [-0.1, -0.05) is 12.1 Å². The first-order valence-corrected chi connectivity index (χ1v) is 9.20. The van der Waals surface area contributed by atoms with E-state index < -0.39 is 11.5 Å². The summed E-state index contributed by atoms with van der Waals surface area (Å²) in [5.41, 5.74) is 3.76. The molecule has 0 unspecified atom stereocenters. The van der Waals surface area contributed by atoms with Crippen molar-refractivity contribution in [2.75, 3.05) is 6.54 Å². The number of nitrogens with zero attached hydrogens (tertiary/aromatic N) is 3. The second-order valence-electron chi connectivity index (χ2n) is 6.94. The van der Waals surface area contributed by atoms with Gasteiger partial charge in [0.1, 0.15) is 5.82 Å². The van der Waals surface area contributed by atoms with Crippen molar-refractivity contribution in [3.63, 3.8) is 0 Å². The highest BCUT2D eigenvalue weighted by Gasteiger charge is 2.28.